The van der Waals surface area contributed by atoms with E-state index in [1.165, 1.54) is 12.1 Å². The molecule has 0 unspecified atom stereocenters. The lowest BCUT2D eigenvalue weighted by Gasteiger charge is -2.05. The number of hydrogen-bond donors (Lipinski definition) is 2. The van der Waals surface area contributed by atoms with Gasteiger partial charge in [-0.1, -0.05) is 18.2 Å². The molecule has 0 aliphatic carbocycles. The molecule has 4 nitrogen and oxygen atoms in total. The van der Waals surface area contributed by atoms with Gasteiger partial charge in [0.25, 0.3) is 5.91 Å². The molecule has 3 rings (SSSR count). The highest BCUT2D eigenvalue weighted by Crippen LogP contribution is 2.20. The van der Waals surface area contributed by atoms with E-state index in [0.29, 0.717) is 22.2 Å². The number of carbonyl (C=O) groups excluding carboxylic acids is 1. The van der Waals surface area contributed by atoms with E-state index < -0.39 is 5.91 Å². The van der Waals surface area contributed by atoms with Crippen molar-refractivity contribution in [2.45, 2.75) is 0 Å². The average molecular weight is 279 g/mol. The minimum absolute atomic E-state index is 0.239. The van der Waals surface area contributed by atoms with E-state index in [9.17, 15) is 9.18 Å². The van der Waals surface area contributed by atoms with Crippen LogP contribution in [0.3, 0.4) is 0 Å². The van der Waals surface area contributed by atoms with Gasteiger partial charge in [0, 0.05) is 10.9 Å². The Morgan fingerprint density at radius 1 is 1.19 bits per heavy atom. The van der Waals surface area contributed by atoms with Gasteiger partial charge in [-0.05, 0) is 30.3 Å². The highest BCUT2D eigenvalue weighted by atomic mass is 19.1. The summed E-state index contributed by atoms with van der Waals surface area (Å²) in [7, 11) is 0. The van der Waals surface area contributed by atoms with E-state index in [4.69, 9.17) is 5.26 Å². The van der Waals surface area contributed by atoms with Crippen molar-refractivity contribution in [1.29, 1.82) is 5.26 Å². The largest absolute Gasteiger partial charge is 0.350 e. The summed E-state index contributed by atoms with van der Waals surface area (Å²) in [6.45, 7) is 0. The van der Waals surface area contributed by atoms with Gasteiger partial charge >= 0.3 is 0 Å². The van der Waals surface area contributed by atoms with Crippen LogP contribution in [0.1, 0.15) is 16.1 Å². The molecule has 3 aromatic rings. The summed E-state index contributed by atoms with van der Waals surface area (Å²) in [5.41, 5.74) is 1.58. The van der Waals surface area contributed by atoms with Crippen LogP contribution in [0.25, 0.3) is 10.9 Å². The Balaban J connectivity index is 1.94. The zero-order valence-corrected chi connectivity index (χ0v) is 10.9. The van der Waals surface area contributed by atoms with Gasteiger partial charge in [0.1, 0.15) is 17.6 Å². The minimum Gasteiger partial charge on any atom is -0.350 e. The lowest BCUT2D eigenvalue weighted by Crippen LogP contribution is -2.13. The van der Waals surface area contributed by atoms with Crippen molar-refractivity contribution in [3.63, 3.8) is 0 Å². The first-order valence-corrected chi connectivity index (χ1v) is 6.27. The van der Waals surface area contributed by atoms with Crippen LogP contribution in [-0.2, 0) is 0 Å². The van der Waals surface area contributed by atoms with Gasteiger partial charge in [-0.25, -0.2) is 4.39 Å². The zero-order chi connectivity index (χ0) is 14.8. The van der Waals surface area contributed by atoms with E-state index in [1.54, 1.807) is 36.4 Å². The molecule has 1 heterocycles. The van der Waals surface area contributed by atoms with E-state index in [-0.39, 0.29) is 11.5 Å². The van der Waals surface area contributed by atoms with Gasteiger partial charge in [-0.15, -0.1) is 0 Å². The highest BCUT2D eigenvalue weighted by Gasteiger charge is 2.13. The first kappa shape index (κ1) is 12.9. The van der Waals surface area contributed by atoms with Crippen LogP contribution in [0.15, 0.2) is 48.5 Å². The van der Waals surface area contributed by atoms with E-state index in [1.807, 2.05) is 6.07 Å². The Morgan fingerprint density at radius 2 is 2.00 bits per heavy atom. The quantitative estimate of drug-likeness (QED) is 0.754. The van der Waals surface area contributed by atoms with Crippen molar-refractivity contribution in [3.8, 4) is 6.07 Å². The molecular formula is C16H10FN3O. The highest BCUT2D eigenvalue weighted by molar-refractivity contribution is 6.06. The maximum atomic E-state index is 13.6. The third-order valence-electron chi connectivity index (χ3n) is 3.15. The van der Waals surface area contributed by atoms with Crippen LogP contribution in [0.5, 0.6) is 0 Å². The number of carbonyl (C=O) groups is 1. The van der Waals surface area contributed by atoms with E-state index >= 15 is 0 Å². The lowest BCUT2D eigenvalue weighted by atomic mass is 10.2. The van der Waals surface area contributed by atoms with Crippen LogP contribution in [0.2, 0.25) is 0 Å². The number of fused-ring (bicyclic) bond motifs is 1. The third kappa shape index (κ3) is 2.35. The monoisotopic (exact) mass is 279 g/mol. The second-order valence-corrected chi connectivity index (χ2v) is 4.50. The van der Waals surface area contributed by atoms with Crippen molar-refractivity contribution in [3.05, 3.63) is 65.6 Å². The molecule has 0 spiro atoms. The first-order valence-electron chi connectivity index (χ1n) is 6.27. The molecule has 0 saturated heterocycles. The molecule has 1 aromatic heterocycles. The Hall–Kier alpha value is -3.13. The van der Waals surface area contributed by atoms with E-state index in [2.05, 4.69) is 10.3 Å². The van der Waals surface area contributed by atoms with Gasteiger partial charge in [0.15, 0.2) is 0 Å². The van der Waals surface area contributed by atoms with Crippen LogP contribution in [0.4, 0.5) is 10.1 Å². The second-order valence-electron chi connectivity index (χ2n) is 4.50. The van der Waals surface area contributed by atoms with Crippen molar-refractivity contribution < 1.29 is 9.18 Å². The maximum Gasteiger partial charge on any atom is 0.272 e. The SMILES string of the molecule is N#Cc1ccccc1NC(=O)c1cc2c(F)cccc2[nH]1. The number of aromatic amines is 1. The molecule has 0 saturated carbocycles. The van der Waals surface area contributed by atoms with Gasteiger partial charge in [0.2, 0.25) is 0 Å². The standard InChI is InChI=1S/C16H10FN3O/c17-12-5-3-7-14-11(12)8-15(19-14)16(21)20-13-6-2-1-4-10(13)9-18/h1-8,19H,(H,20,21). The fourth-order valence-corrected chi connectivity index (χ4v) is 2.12. The Bertz CT molecular complexity index is 877. The number of benzene rings is 2. The average Bonchev–Trinajstić information content (AvgIpc) is 2.93. The normalized spacial score (nSPS) is 10.3. The van der Waals surface area contributed by atoms with Gasteiger partial charge in [0.05, 0.1) is 11.3 Å². The second kappa shape index (κ2) is 5.10. The molecular weight excluding hydrogens is 269 g/mol. The summed E-state index contributed by atoms with van der Waals surface area (Å²) in [5.74, 6) is -0.812. The summed E-state index contributed by atoms with van der Waals surface area (Å²) in [5, 5.41) is 12.0. The number of nitrogens with zero attached hydrogens (tertiary/aromatic N) is 1. The summed E-state index contributed by atoms with van der Waals surface area (Å²) in [4.78, 5) is 15.0. The molecule has 0 aliphatic rings. The molecule has 0 fully saturated rings. The van der Waals surface area contributed by atoms with Crippen molar-refractivity contribution in [2.24, 2.45) is 0 Å². The summed E-state index contributed by atoms with van der Waals surface area (Å²) in [6, 6.07) is 14.7. The summed E-state index contributed by atoms with van der Waals surface area (Å²) < 4.78 is 13.6. The number of amides is 1. The van der Waals surface area contributed by atoms with Crippen LogP contribution < -0.4 is 5.32 Å². The minimum atomic E-state index is -0.423. The Labute approximate surface area is 119 Å². The summed E-state index contributed by atoms with van der Waals surface area (Å²) in [6.07, 6.45) is 0. The Kier molecular flexibility index (Phi) is 3.13. The zero-order valence-electron chi connectivity index (χ0n) is 10.9. The predicted molar refractivity (Wildman–Crippen MR) is 77.4 cm³/mol. The molecule has 5 heteroatoms. The number of nitrogens with one attached hydrogen (secondary N) is 2. The third-order valence-corrected chi connectivity index (χ3v) is 3.15. The number of rotatable bonds is 2. The molecule has 102 valence electrons. The van der Waals surface area contributed by atoms with Crippen molar-refractivity contribution in [1.82, 2.24) is 4.98 Å². The molecule has 21 heavy (non-hydrogen) atoms. The maximum absolute atomic E-state index is 13.6. The van der Waals surface area contributed by atoms with Gasteiger partial charge in [-0.3, -0.25) is 4.79 Å². The van der Waals surface area contributed by atoms with Gasteiger partial charge in [-0.2, -0.15) is 5.26 Å². The molecule has 0 bridgehead atoms. The summed E-state index contributed by atoms with van der Waals surface area (Å²) >= 11 is 0. The first-order chi connectivity index (χ1) is 10.2. The number of hydrogen-bond acceptors (Lipinski definition) is 2. The van der Waals surface area contributed by atoms with Crippen molar-refractivity contribution >= 4 is 22.5 Å². The van der Waals surface area contributed by atoms with Gasteiger partial charge < -0.3 is 10.3 Å². The number of nitriles is 1. The van der Waals surface area contributed by atoms with Crippen molar-refractivity contribution in [2.75, 3.05) is 5.32 Å². The lowest BCUT2D eigenvalue weighted by molar-refractivity contribution is 0.102. The fourth-order valence-electron chi connectivity index (χ4n) is 2.12. The number of anilines is 1. The number of para-hydroxylation sites is 1. The van der Waals surface area contributed by atoms with E-state index in [0.717, 1.165) is 0 Å². The van der Waals surface area contributed by atoms with Crippen LogP contribution in [0, 0.1) is 17.1 Å². The fraction of sp³-hybridized carbons (Fsp3) is 0. The molecule has 0 radical (unpaired) electrons. The predicted octanol–water partition coefficient (Wildman–Crippen LogP) is 3.43. The van der Waals surface area contributed by atoms with Crippen LogP contribution >= 0.6 is 0 Å². The number of H-pyrrole nitrogens is 1. The van der Waals surface area contributed by atoms with Crippen LogP contribution in [-0.4, -0.2) is 10.9 Å². The smallest absolute Gasteiger partial charge is 0.272 e. The molecule has 1 amide bonds. The molecule has 0 aliphatic heterocycles. The molecule has 2 N–H and O–H groups in total. The number of halogens is 1. The number of aromatic nitrogens is 1. The molecule has 0 atom stereocenters. The Morgan fingerprint density at radius 3 is 2.76 bits per heavy atom. The topological polar surface area (TPSA) is 68.7 Å². The molecule has 2 aromatic carbocycles.